The molecular weight excluding hydrogens is 386 g/mol. The van der Waals surface area contributed by atoms with E-state index in [1.165, 1.54) is 11.3 Å². The van der Waals surface area contributed by atoms with Gasteiger partial charge >= 0.3 is 0 Å². The first-order chi connectivity index (χ1) is 14.1. The smallest absolute Gasteiger partial charge is 0.263 e. The van der Waals surface area contributed by atoms with E-state index in [4.69, 9.17) is 0 Å². The molecule has 0 aliphatic carbocycles. The van der Waals surface area contributed by atoms with Gasteiger partial charge in [0.25, 0.3) is 11.8 Å². The first kappa shape index (κ1) is 19.6. The van der Waals surface area contributed by atoms with Crippen LogP contribution in [0.5, 0.6) is 0 Å². The predicted molar refractivity (Wildman–Crippen MR) is 113 cm³/mol. The molecule has 0 spiro atoms. The summed E-state index contributed by atoms with van der Waals surface area (Å²) in [6.45, 7) is 2.70. The number of carbonyl (C=O) groups excluding carboxylic acids is 3. The third kappa shape index (κ3) is 4.50. The Hall–Kier alpha value is -2.67. The second-order valence-electron chi connectivity index (χ2n) is 7.64. The highest BCUT2D eigenvalue weighted by Gasteiger charge is 2.29. The fourth-order valence-electron chi connectivity index (χ4n) is 4.01. The summed E-state index contributed by atoms with van der Waals surface area (Å²) in [7, 11) is 0. The summed E-state index contributed by atoms with van der Waals surface area (Å²) in [6.07, 6.45) is 3.66. The Morgan fingerprint density at radius 2 is 1.72 bits per heavy atom. The van der Waals surface area contributed by atoms with Crippen molar-refractivity contribution in [2.24, 2.45) is 5.92 Å². The fourth-order valence-corrected chi connectivity index (χ4v) is 4.70. The molecule has 0 saturated carbocycles. The van der Waals surface area contributed by atoms with Gasteiger partial charge in [0.2, 0.25) is 5.91 Å². The van der Waals surface area contributed by atoms with Crippen molar-refractivity contribution in [3.05, 3.63) is 52.2 Å². The van der Waals surface area contributed by atoms with Crippen LogP contribution in [0.15, 0.2) is 41.8 Å². The van der Waals surface area contributed by atoms with Crippen molar-refractivity contribution < 1.29 is 14.4 Å². The van der Waals surface area contributed by atoms with E-state index < -0.39 is 0 Å². The maximum Gasteiger partial charge on any atom is 0.263 e. The number of thiophene rings is 1. The summed E-state index contributed by atoms with van der Waals surface area (Å²) in [4.78, 5) is 42.3. The molecule has 0 radical (unpaired) electrons. The van der Waals surface area contributed by atoms with Crippen LogP contribution in [-0.4, -0.2) is 53.7 Å². The van der Waals surface area contributed by atoms with Crippen molar-refractivity contribution in [3.8, 4) is 0 Å². The van der Waals surface area contributed by atoms with Crippen LogP contribution >= 0.6 is 11.3 Å². The summed E-state index contributed by atoms with van der Waals surface area (Å²) in [5.74, 6) is -0.329. The molecular formula is C22H25N3O3S. The number of carbonyl (C=O) groups is 3. The summed E-state index contributed by atoms with van der Waals surface area (Å²) >= 11 is 1.42. The molecule has 1 N–H and O–H groups in total. The molecule has 1 atom stereocenters. The van der Waals surface area contributed by atoms with Gasteiger partial charge in [0, 0.05) is 37.4 Å². The Balaban J connectivity index is 1.39. The van der Waals surface area contributed by atoms with E-state index in [0.717, 1.165) is 38.8 Å². The van der Waals surface area contributed by atoms with Gasteiger partial charge in [-0.15, -0.1) is 11.3 Å². The molecule has 3 amide bonds. The van der Waals surface area contributed by atoms with Gasteiger partial charge < -0.3 is 15.1 Å². The predicted octanol–water partition coefficient (Wildman–Crippen LogP) is 3.48. The minimum atomic E-state index is -0.245. The van der Waals surface area contributed by atoms with E-state index in [-0.39, 0.29) is 23.6 Å². The monoisotopic (exact) mass is 411 g/mol. The molecule has 3 heterocycles. The Kier molecular flexibility index (Phi) is 5.94. The number of anilines is 1. The van der Waals surface area contributed by atoms with Crippen LogP contribution in [0.4, 0.5) is 5.69 Å². The number of rotatable bonds is 4. The summed E-state index contributed by atoms with van der Waals surface area (Å²) in [5, 5.41) is 4.83. The molecule has 2 saturated heterocycles. The molecule has 29 heavy (non-hydrogen) atoms. The number of piperidine rings is 1. The van der Waals surface area contributed by atoms with Gasteiger partial charge in [-0.05, 0) is 55.3 Å². The first-order valence-corrected chi connectivity index (χ1v) is 11.0. The molecule has 7 heteroatoms. The van der Waals surface area contributed by atoms with Gasteiger partial charge in [-0.1, -0.05) is 12.1 Å². The van der Waals surface area contributed by atoms with Crippen molar-refractivity contribution >= 4 is 34.7 Å². The van der Waals surface area contributed by atoms with E-state index in [9.17, 15) is 14.4 Å². The highest BCUT2D eigenvalue weighted by Crippen LogP contribution is 2.23. The third-order valence-electron chi connectivity index (χ3n) is 5.58. The average Bonchev–Trinajstić information content (AvgIpc) is 3.47. The van der Waals surface area contributed by atoms with Crippen LogP contribution in [0.25, 0.3) is 0 Å². The Labute approximate surface area is 174 Å². The zero-order valence-electron chi connectivity index (χ0n) is 16.3. The Morgan fingerprint density at radius 1 is 0.931 bits per heavy atom. The Bertz CT molecular complexity index is 890. The molecule has 2 aliphatic rings. The normalized spacial score (nSPS) is 19.2. The van der Waals surface area contributed by atoms with Crippen LogP contribution < -0.4 is 5.32 Å². The third-order valence-corrected chi connectivity index (χ3v) is 6.44. The highest BCUT2D eigenvalue weighted by atomic mass is 32.1. The van der Waals surface area contributed by atoms with Crippen molar-refractivity contribution in [3.63, 3.8) is 0 Å². The molecule has 1 aromatic heterocycles. The van der Waals surface area contributed by atoms with E-state index in [2.05, 4.69) is 5.32 Å². The Morgan fingerprint density at radius 3 is 2.48 bits per heavy atom. The van der Waals surface area contributed by atoms with Gasteiger partial charge in [-0.2, -0.15) is 0 Å². The fraction of sp³-hybridized carbons (Fsp3) is 0.409. The molecule has 2 fully saturated rings. The van der Waals surface area contributed by atoms with E-state index >= 15 is 0 Å². The van der Waals surface area contributed by atoms with Crippen LogP contribution in [-0.2, 0) is 4.79 Å². The number of amides is 3. The molecule has 0 unspecified atom stereocenters. The van der Waals surface area contributed by atoms with Crippen molar-refractivity contribution in [1.82, 2.24) is 9.80 Å². The zero-order chi connectivity index (χ0) is 20.2. The highest BCUT2D eigenvalue weighted by molar-refractivity contribution is 7.12. The second-order valence-corrected chi connectivity index (χ2v) is 8.58. The summed E-state index contributed by atoms with van der Waals surface area (Å²) in [5.41, 5.74) is 1.23. The van der Waals surface area contributed by atoms with Crippen molar-refractivity contribution in [1.29, 1.82) is 0 Å². The van der Waals surface area contributed by atoms with Gasteiger partial charge in [-0.3, -0.25) is 14.4 Å². The topological polar surface area (TPSA) is 69.7 Å². The van der Waals surface area contributed by atoms with Crippen LogP contribution in [0.3, 0.4) is 0 Å². The van der Waals surface area contributed by atoms with Crippen molar-refractivity contribution in [2.75, 3.05) is 31.5 Å². The molecule has 2 aromatic rings. The molecule has 0 bridgehead atoms. The zero-order valence-corrected chi connectivity index (χ0v) is 17.1. The molecule has 4 rings (SSSR count). The number of hydrogen-bond donors (Lipinski definition) is 1. The van der Waals surface area contributed by atoms with Gasteiger partial charge in [0.05, 0.1) is 10.8 Å². The second kappa shape index (κ2) is 8.78. The number of nitrogens with zero attached hydrogens (tertiary/aromatic N) is 2. The lowest BCUT2D eigenvalue weighted by Crippen LogP contribution is -2.43. The van der Waals surface area contributed by atoms with E-state index in [0.29, 0.717) is 29.2 Å². The summed E-state index contributed by atoms with van der Waals surface area (Å²) in [6, 6.07) is 10.8. The largest absolute Gasteiger partial charge is 0.339 e. The van der Waals surface area contributed by atoms with Gasteiger partial charge in [-0.25, -0.2) is 0 Å². The minimum absolute atomic E-state index is 0.00397. The molecule has 152 valence electrons. The first-order valence-electron chi connectivity index (χ1n) is 10.1. The van der Waals surface area contributed by atoms with Gasteiger partial charge in [0.1, 0.15) is 0 Å². The van der Waals surface area contributed by atoms with Crippen LogP contribution in [0.2, 0.25) is 0 Å². The number of hydrogen-bond acceptors (Lipinski definition) is 4. The van der Waals surface area contributed by atoms with E-state index in [1.54, 1.807) is 29.2 Å². The maximum atomic E-state index is 12.8. The van der Waals surface area contributed by atoms with Crippen LogP contribution in [0.1, 0.15) is 45.7 Å². The number of benzene rings is 1. The molecule has 2 aliphatic heterocycles. The van der Waals surface area contributed by atoms with Crippen molar-refractivity contribution in [2.45, 2.75) is 25.7 Å². The SMILES string of the molecule is O=C(Nc1cccc(C(=O)N2CCCC2)c1)[C@H]1CCCN(C(=O)c2cccs2)C1. The van der Waals surface area contributed by atoms with Gasteiger partial charge in [0.15, 0.2) is 0 Å². The van der Waals surface area contributed by atoms with E-state index in [1.807, 2.05) is 22.4 Å². The lowest BCUT2D eigenvalue weighted by atomic mass is 9.96. The number of nitrogens with one attached hydrogen (secondary N) is 1. The maximum absolute atomic E-state index is 12.8. The lowest BCUT2D eigenvalue weighted by molar-refractivity contribution is -0.121. The quantitative estimate of drug-likeness (QED) is 0.837. The number of likely N-dealkylation sites (tertiary alicyclic amines) is 2. The molecule has 1 aromatic carbocycles. The summed E-state index contributed by atoms with van der Waals surface area (Å²) < 4.78 is 0. The lowest BCUT2D eigenvalue weighted by Gasteiger charge is -2.31. The average molecular weight is 412 g/mol. The minimum Gasteiger partial charge on any atom is -0.339 e. The van der Waals surface area contributed by atoms with Crippen LogP contribution in [0, 0.1) is 5.92 Å². The molecule has 6 nitrogen and oxygen atoms in total. The standard InChI is InChI=1S/C22H25N3O3S/c26-20(17-7-4-12-25(15-17)22(28)19-9-5-13-29-19)23-18-8-3-6-16(14-18)21(27)24-10-1-2-11-24/h3,5-6,8-9,13-14,17H,1-2,4,7,10-12,15H2,(H,23,26)/t17-/m0/s1.